The van der Waals surface area contributed by atoms with Crippen molar-refractivity contribution >= 4 is 5.91 Å². The normalized spacial score (nSPS) is 13.8. The van der Waals surface area contributed by atoms with Crippen molar-refractivity contribution in [2.75, 3.05) is 0 Å². The van der Waals surface area contributed by atoms with Crippen LogP contribution in [0.2, 0.25) is 0 Å². The second-order valence-electron chi connectivity index (χ2n) is 5.72. The zero-order valence-electron chi connectivity index (χ0n) is 12.3. The molecule has 0 atom stereocenters. The van der Waals surface area contributed by atoms with Crippen molar-refractivity contribution in [2.45, 2.75) is 40.3 Å². The molecular weight excluding hydrogens is 270 g/mol. The van der Waals surface area contributed by atoms with Gasteiger partial charge in [-0.05, 0) is 18.0 Å². The van der Waals surface area contributed by atoms with Gasteiger partial charge in [-0.1, -0.05) is 19.0 Å². The molecule has 7 nitrogen and oxygen atoms in total. The van der Waals surface area contributed by atoms with Gasteiger partial charge in [-0.15, -0.1) is 0 Å². The van der Waals surface area contributed by atoms with Crippen LogP contribution in [0.1, 0.15) is 47.1 Å². The van der Waals surface area contributed by atoms with Gasteiger partial charge in [0.25, 0.3) is 5.91 Å². The fraction of sp³-hybridized carbons (Fsp3) is 0.500. The van der Waals surface area contributed by atoms with Crippen molar-refractivity contribution in [3.63, 3.8) is 0 Å². The number of hydrogen-bond acceptors (Lipinski definition) is 6. The van der Waals surface area contributed by atoms with Crippen LogP contribution in [-0.2, 0) is 19.5 Å². The minimum absolute atomic E-state index is 0.183. The standard InChI is InChI=1S/C14H17N5O2/c1-8(2)4-12-15-5-10-6-19(7-11(10)16-12)14(20)13-9(3)17-21-18-13/h5,8H,4,6-7H2,1-3H3. The van der Waals surface area contributed by atoms with E-state index in [1.54, 1.807) is 11.8 Å². The van der Waals surface area contributed by atoms with Gasteiger partial charge >= 0.3 is 0 Å². The van der Waals surface area contributed by atoms with Crippen LogP contribution in [-0.4, -0.2) is 31.1 Å². The monoisotopic (exact) mass is 287 g/mol. The van der Waals surface area contributed by atoms with Gasteiger partial charge in [-0.25, -0.2) is 14.6 Å². The maximum absolute atomic E-state index is 12.4. The maximum atomic E-state index is 12.4. The first kappa shape index (κ1) is 13.7. The highest BCUT2D eigenvalue weighted by Crippen LogP contribution is 2.22. The van der Waals surface area contributed by atoms with Gasteiger partial charge in [0.05, 0.1) is 12.2 Å². The molecule has 0 saturated carbocycles. The molecule has 0 spiro atoms. The Balaban J connectivity index is 1.78. The summed E-state index contributed by atoms with van der Waals surface area (Å²) in [5.41, 5.74) is 2.67. The van der Waals surface area contributed by atoms with Crippen LogP contribution in [0.15, 0.2) is 10.8 Å². The molecule has 0 N–H and O–H groups in total. The molecule has 7 heteroatoms. The molecule has 3 rings (SSSR count). The first-order valence-corrected chi connectivity index (χ1v) is 6.96. The van der Waals surface area contributed by atoms with E-state index in [1.807, 2.05) is 6.20 Å². The van der Waals surface area contributed by atoms with E-state index in [0.717, 1.165) is 23.5 Å². The molecule has 0 bridgehead atoms. The third kappa shape index (κ3) is 2.63. The molecule has 1 aliphatic heterocycles. The van der Waals surface area contributed by atoms with Gasteiger partial charge in [0.15, 0.2) is 5.69 Å². The number of hydrogen-bond donors (Lipinski definition) is 0. The van der Waals surface area contributed by atoms with Crippen molar-refractivity contribution in [1.29, 1.82) is 0 Å². The van der Waals surface area contributed by atoms with E-state index in [1.165, 1.54) is 0 Å². The van der Waals surface area contributed by atoms with E-state index < -0.39 is 0 Å². The summed E-state index contributed by atoms with van der Waals surface area (Å²) in [4.78, 5) is 23.0. The highest BCUT2D eigenvalue weighted by molar-refractivity contribution is 5.93. The number of amides is 1. The number of fused-ring (bicyclic) bond motifs is 1. The van der Waals surface area contributed by atoms with Gasteiger partial charge in [0.2, 0.25) is 0 Å². The fourth-order valence-corrected chi connectivity index (χ4v) is 2.38. The van der Waals surface area contributed by atoms with Crippen molar-refractivity contribution in [2.24, 2.45) is 5.92 Å². The Kier molecular flexibility index (Phi) is 3.40. The van der Waals surface area contributed by atoms with Crippen LogP contribution >= 0.6 is 0 Å². The molecule has 21 heavy (non-hydrogen) atoms. The van der Waals surface area contributed by atoms with Crippen molar-refractivity contribution < 1.29 is 9.42 Å². The predicted octanol–water partition coefficient (Wildman–Crippen LogP) is 1.52. The van der Waals surface area contributed by atoms with Crippen molar-refractivity contribution in [3.8, 4) is 0 Å². The summed E-state index contributed by atoms with van der Waals surface area (Å²) >= 11 is 0. The first-order chi connectivity index (χ1) is 10.0. The van der Waals surface area contributed by atoms with Crippen LogP contribution in [0.3, 0.4) is 0 Å². The predicted molar refractivity (Wildman–Crippen MR) is 73.2 cm³/mol. The third-order valence-corrected chi connectivity index (χ3v) is 3.44. The van der Waals surface area contributed by atoms with E-state index in [4.69, 9.17) is 0 Å². The fourth-order valence-electron chi connectivity index (χ4n) is 2.38. The average Bonchev–Trinajstić information content (AvgIpc) is 3.02. The molecule has 1 aliphatic rings. The average molecular weight is 287 g/mol. The van der Waals surface area contributed by atoms with E-state index in [9.17, 15) is 4.79 Å². The molecule has 110 valence electrons. The Morgan fingerprint density at radius 3 is 2.86 bits per heavy atom. The molecule has 0 aromatic carbocycles. The van der Waals surface area contributed by atoms with Crippen molar-refractivity contribution in [1.82, 2.24) is 25.2 Å². The number of rotatable bonds is 3. The van der Waals surface area contributed by atoms with Gasteiger partial charge in [0, 0.05) is 24.7 Å². The lowest BCUT2D eigenvalue weighted by Gasteiger charge is -2.12. The lowest BCUT2D eigenvalue weighted by molar-refractivity contribution is 0.0738. The molecule has 0 saturated heterocycles. The topological polar surface area (TPSA) is 85.0 Å². The van der Waals surface area contributed by atoms with Crippen molar-refractivity contribution in [3.05, 3.63) is 34.7 Å². The van der Waals surface area contributed by atoms with Crippen LogP contribution in [0.25, 0.3) is 0 Å². The summed E-state index contributed by atoms with van der Waals surface area (Å²) in [6.45, 7) is 6.95. The Labute approximate surface area is 122 Å². The number of carbonyl (C=O) groups excluding carboxylic acids is 1. The lowest BCUT2D eigenvalue weighted by atomic mass is 10.1. The summed E-state index contributed by atoms with van der Waals surface area (Å²) in [5.74, 6) is 1.15. The van der Waals surface area contributed by atoms with E-state index in [2.05, 4.69) is 38.8 Å². The summed E-state index contributed by atoms with van der Waals surface area (Å²) < 4.78 is 4.59. The Morgan fingerprint density at radius 2 is 2.19 bits per heavy atom. The number of nitrogens with zero attached hydrogens (tertiary/aromatic N) is 5. The van der Waals surface area contributed by atoms with Gasteiger partial charge in [-0.3, -0.25) is 4.79 Å². The van der Waals surface area contributed by atoms with Crippen LogP contribution in [0.5, 0.6) is 0 Å². The summed E-state index contributed by atoms with van der Waals surface area (Å²) in [7, 11) is 0. The van der Waals surface area contributed by atoms with E-state index in [-0.39, 0.29) is 11.6 Å². The van der Waals surface area contributed by atoms with Crippen LogP contribution in [0.4, 0.5) is 0 Å². The van der Waals surface area contributed by atoms with Crippen LogP contribution in [0, 0.1) is 12.8 Å². The minimum atomic E-state index is -0.183. The second-order valence-corrected chi connectivity index (χ2v) is 5.72. The SMILES string of the molecule is Cc1nonc1C(=O)N1Cc2cnc(CC(C)C)nc2C1. The lowest BCUT2D eigenvalue weighted by Crippen LogP contribution is -2.26. The third-order valence-electron chi connectivity index (χ3n) is 3.44. The molecule has 0 unspecified atom stereocenters. The van der Waals surface area contributed by atoms with E-state index >= 15 is 0 Å². The molecule has 1 amide bonds. The molecule has 0 aliphatic carbocycles. The summed E-state index contributed by atoms with van der Waals surface area (Å²) in [6, 6.07) is 0. The van der Waals surface area contributed by atoms with E-state index in [0.29, 0.717) is 24.7 Å². The summed E-state index contributed by atoms with van der Waals surface area (Å²) in [6.07, 6.45) is 2.66. The number of carbonyl (C=O) groups is 1. The Morgan fingerprint density at radius 1 is 1.38 bits per heavy atom. The highest BCUT2D eigenvalue weighted by Gasteiger charge is 2.29. The quantitative estimate of drug-likeness (QED) is 0.851. The van der Waals surface area contributed by atoms with Gasteiger partial charge in [-0.2, -0.15) is 0 Å². The molecule has 3 heterocycles. The zero-order valence-corrected chi connectivity index (χ0v) is 12.3. The molecule has 2 aromatic heterocycles. The zero-order chi connectivity index (χ0) is 15.0. The second kappa shape index (κ2) is 5.23. The highest BCUT2D eigenvalue weighted by atomic mass is 16.6. The number of aryl methyl sites for hydroxylation is 1. The number of aromatic nitrogens is 4. The van der Waals surface area contributed by atoms with Gasteiger partial charge < -0.3 is 4.90 Å². The maximum Gasteiger partial charge on any atom is 0.278 e. The molecule has 2 aromatic rings. The molecule has 0 fully saturated rings. The molecule has 0 radical (unpaired) electrons. The summed E-state index contributed by atoms with van der Waals surface area (Å²) in [5, 5.41) is 7.31. The smallest absolute Gasteiger partial charge is 0.278 e. The Bertz CT molecular complexity index is 680. The van der Waals surface area contributed by atoms with Crippen LogP contribution < -0.4 is 0 Å². The largest absolute Gasteiger partial charge is 0.327 e. The van der Waals surface area contributed by atoms with Gasteiger partial charge in [0.1, 0.15) is 11.5 Å². The Hall–Kier alpha value is -2.31. The molecular formula is C14H17N5O2. The minimum Gasteiger partial charge on any atom is -0.327 e. The first-order valence-electron chi connectivity index (χ1n) is 6.96.